The van der Waals surface area contributed by atoms with Crippen molar-refractivity contribution in [3.8, 4) is 0 Å². The number of amides is 2. The number of nitrogens with zero attached hydrogens (tertiary/aromatic N) is 4. The molecule has 30 heavy (non-hydrogen) atoms. The Hall–Kier alpha value is -2.65. The first-order valence-corrected chi connectivity index (χ1v) is 10.9. The van der Waals surface area contributed by atoms with Crippen molar-refractivity contribution in [1.82, 2.24) is 25.4 Å². The van der Waals surface area contributed by atoms with Crippen LogP contribution in [-0.2, 0) is 11.3 Å². The molecular weight excluding hydrogens is 424 g/mol. The van der Waals surface area contributed by atoms with Crippen LogP contribution in [0.5, 0.6) is 0 Å². The second-order valence-corrected chi connectivity index (χ2v) is 8.15. The van der Waals surface area contributed by atoms with Gasteiger partial charge in [-0.2, -0.15) is 0 Å². The lowest BCUT2D eigenvalue weighted by Crippen LogP contribution is -2.55. The first kappa shape index (κ1) is 22.0. The van der Waals surface area contributed by atoms with Crippen molar-refractivity contribution < 1.29 is 9.59 Å². The fourth-order valence-corrected chi connectivity index (χ4v) is 3.99. The van der Waals surface area contributed by atoms with Crippen molar-refractivity contribution in [2.75, 3.05) is 39.8 Å². The smallest absolute Gasteiger partial charge is 0.263 e. The Kier molecular flexibility index (Phi) is 7.64. The number of guanidine groups is 1. The number of halogens is 1. The van der Waals surface area contributed by atoms with Gasteiger partial charge in [0.2, 0.25) is 5.91 Å². The molecule has 2 amide bonds. The lowest BCUT2D eigenvalue weighted by molar-refractivity contribution is -0.135. The van der Waals surface area contributed by atoms with Crippen molar-refractivity contribution >= 4 is 40.7 Å². The number of nitrogens with one attached hydrogen (secondary N) is 2. The Morgan fingerprint density at radius 3 is 2.60 bits per heavy atom. The highest BCUT2D eigenvalue weighted by atomic mass is 35.5. The van der Waals surface area contributed by atoms with E-state index in [9.17, 15) is 9.59 Å². The molecule has 1 saturated heterocycles. The summed E-state index contributed by atoms with van der Waals surface area (Å²) in [5.41, 5.74) is 3.44. The number of piperazine rings is 1. The minimum Gasteiger partial charge on any atom is -0.354 e. The van der Waals surface area contributed by atoms with Gasteiger partial charge in [0.05, 0.1) is 17.7 Å². The normalized spacial score (nSPS) is 14.8. The highest BCUT2D eigenvalue weighted by Gasteiger charge is 2.25. The highest BCUT2D eigenvalue weighted by Crippen LogP contribution is 2.14. The molecule has 0 aliphatic carbocycles. The Morgan fingerprint density at radius 2 is 1.97 bits per heavy atom. The SMILES string of the molecule is CN=C(NCCNC(=O)c1scnc1C)N1CCN(Cc2ccc(Cl)cc2)C(=O)C1. The molecule has 10 heteroatoms. The van der Waals surface area contributed by atoms with Crippen LogP contribution in [0, 0.1) is 6.92 Å². The van der Waals surface area contributed by atoms with Gasteiger partial charge in [-0.15, -0.1) is 11.3 Å². The molecule has 160 valence electrons. The van der Waals surface area contributed by atoms with Gasteiger partial charge in [-0.05, 0) is 24.6 Å². The summed E-state index contributed by atoms with van der Waals surface area (Å²) in [6.07, 6.45) is 0. The van der Waals surface area contributed by atoms with Crippen LogP contribution in [0.3, 0.4) is 0 Å². The van der Waals surface area contributed by atoms with Crippen LogP contribution >= 0.6 is 22.9 Å². The quantitative estimate of drug-likeness (QED) is 0.399. The first-order valence-electron chi connectivity index (χ1n) is 9.64. The number of aromatic nitrogens is 1. The number of carbonyl (C=O) groups excluding carboxylic acids is 2. The molecule has 2 N–H and O–H groups in total. The zero-order valence-corrected chi connectivity index (χ0v) is 18.6. The monoisotopic (exact) mass is 448 g/mol. The standard InChI is InChI=1S/C20H25ClN6O2S/c1-14-18(30-13-25-14)19(29)23-7-8-24-20(22-2)27-10-9-26(17(28)12-27)11-15-3-5-16(21)6-4-15/h3-6,13H,7-12H2,1-2H3,(H,22,24)(H,23,29). The third kappa shape index (κ3) is 5.70. The van der Waals surface area contributed by atoms with Crippen molar-refractivity contribution in [1.29, 1.82) is 0 Å². The molecule has 0 spiro atoms. The fraction of sp³-hybridized carbons (Fsp3) is 0.400. The molecule has 1 aliphatic rings. The Bertz CT molecular complexity index is 914. The number of aliphatic imine (C=N–C) groups is 1. The van der Waals surface area contributed by atoms with E-state index in [1.165, 1.54) is 11.3 Å². The largest absolute Gasteiger partial charge is 0.354 e. The van der Waals surface area contributed by atoms with Gasteiger partial charge in [-0.1, -0.05) is 23.7 Å². The Labute approximate surface area is 184 Å². The number of hydrogen-bond donors (Lipinski definition) is 2. The van der Waals surface area contributed by atoms with Crippen LogP contribution in [0.15, 0.2) is 34.8 Å². The second-order valence-electron chi connectivity index (χ2n) is 6.86. The molecule has 0 unspecified atom stereocenters. The van der Waals surface area contributed by atoms with Gasteiger partial charge in [-0.3, -0.25) is 14.6 Å². The molecule has 0 atom stereocenters. The summed E-state index contributed by atoms with van der Waals surface area (Å²) < 4.78 is 0. The van der Waals surface area contributed by atoms with E-state index in [1.807, 2.05) is 41.0 Å². The number of thiazole rings is 1. The van der Waals surface area contributed by atoms with E-state index >= 15 is 0 Å². The lowest BCUT2D eigenvalue weighted by Gasteiger charge is -2.36. The molecule has 1 aromatic carbocycles. The topological polar surface area (TPSA) is 89.9 Å². The van der Waals surface area contributed by atoms with E-state index in [2.05, 4.69) is 20.6 Å². The summed E-state index contributed by atoms with van der Waals surface area (Å²) in [7, 11) is 1.69. The number of hydrogen-bond acceptors (Lipinski definition) is 5. The lowest BCUT2D eigenvalue weighted by atomic mass is 10.2. The third-order valence-corrected chi connectivity index (χ3v) is 5.94. The van der Waals surface area contributed by atoms with Crippen molar-refractivity contribution in [3.63, 3.8) is 0 Å². The molecule has 0 saturated carbocycles. The maximum Gasteiger partial charge on any atom is 0.263 e. The van der Waals surface area contributed by atoms with Gasteiger partial charge in [0, 0.05) is 44.8 Å². The van der Waals surface area contributed by atoms with Gasteiger partial charge in [-0.25, -0.2) is 4.98 Å². The third-order valence-electron chi connectivity index (χ3n) is 4.76. The average molecular weight is 449 g/mol. The van der Waals surface area contributed by atoms with Crippen LogP contribution in [0.4, 0.5) is 0 Å². The van der Waals surface area contributed by atoms with Gasteiger partial charge < -0.3 is 20.4 Å². The van der Waals surface area contributed by atoms with Crippen LogP contribution < -0.4 is 10.6 Å². The summed E-state index contributed by atoms with van der Waals surface area (Å²) in [6, 6.07) is 7.53. The molecular formula is C20H25ClN6O2S. The van der Waals surface area contributed by atoms with E-state index in [-0.39, 0.29) is 18.4 Å². The van der Waals surface area contributed by atoms with Crippen molar-refractivity contribution in [3.05, 3.63) is 50.9 Å². The molecule has 2 aromatic rings. The number of carbonyl (C=O) groups is 2. The van der Waals surface area contributed by atoms with Crippen LogP contribution in [0.2, 0.25) is 5.02 Å². The maximum absolute atomic E-state index is 12.6. The summed E-state index contributed by atoms with van der Waals surface area (Å²) >= 11 is 7.25. The molecule has 1 aliphatic heterocycles. The summed E-state index contributed by atoms with van der Waals surface area (Å²) in [5, 5.41) is 6.76. The van der Waals surface area contributed by atoms with E-state index in [0.717, 1.165) is 11.3 Å². The van der Waals surface area contributed by atoms with E-state index in [0.29, 0.717) is 48.6 Å². The number of aryl methyl sites for hydroxylation is 1. The van der Waals surface area contributed by atoms with E-state index in [1.54, 1.807) is 12.6 Å². The second kappa shape index (κ2) is 10.4. The van der Waals surface area contributed by atoms with Crippen LogP contribution in [-0.4, -0.2) is 72.3 Å². The predicted molar refractivity (Wildman–Crippen MR) is 119 cm³/mol. The maximum atomic E-state index is 12.6. The minimum atomic E-state index is -0.127. The van der Waals surface area contributed by atoms with E-state index in [4.69, 9.17) is 11.6 Å². The number of rotatable bonds is 6. The summed E-state index contributed by atoms with van der Waals surface area (Å²) in [6.45, 7) is 4.90. The number of benzene rings is 1. The molecule has 0 radical (unpaired) electrons. The summed E-state index contributed by atoms with van der Waals surface area (Å²) in [5.74, 6) is 0.573. The van der Waals surface area contributed by atoms with Crippen LogP contribution in [0.25, 0.3) is 0 Å². The van der Waals surface area contributed by atoms with Crippen molar-refractivity contribution in [2.24, 2.45) is 4.99 Å². The zero-order valence-electron chi connectivity index (χ0n) is 17.0. The zero-order chi connectivity index (χ0) is 21.5. The van der Waals surface area contributed by atoms with Gasteiger partial charge in [0.15, 0.2) is 5.96 Å². The predicted octanol–water partition coefficient (Wildman–Crippen LogP) is 1.75. The Balaban J connectivity index is 1.43. The molecule has 2 heterocycles. The van der Waals surface area contributed by atoms with Gasteiger partial charge in [0.25, 0.3) is 5.91 Å². The van der Waals surface area contributed by atoms with Crippen LogP contribution in [0.1, 0.15) is 20.9 Å². The molecule has 1 fully saturated rings. The molecule has 1 aromatic heterocycles. The fourth-order valence-electron chi connectivity index (χ4n) is 3.15. The first-order chi connectivity index (χ1) is 14.5. The molecule has 0 bridgehead atoms. The van der Waals surface area contributed by atoms with Gasteiger partial charge >= 0.3 is 0 Å². The highest BCUT2D eigenvalue weighted by molar-refractivity contribution is 7.11. The molecule has 3 rings (SSSR count). The minimum absolute atomic E-state index is 0.0492. The Morgan fingerprint density at radius 1 is 1.23 bits per heavy atom. The summed E-state index contributed by atoms with van der Waals surface area (Å²) in [4.78, 5) is 37.5. The average Bonchev–Trinajstić information content (AvgIpc) is 3.17. The van der Waals surface area contributed by atoms with Gasteiger partial charge in [0.1, 0.15) is 4.88 Å². The van der Waals surface area contributed by atoms with Crippen molar-refractivity contribution in [2.45, 2.75) is 13.5 Å². The molecule has 8 nitrogen and oxygen atoms in total. The van der Waals surface area contributed by atoms with E-state index < -0.39 is 0 Å².